The molecule has 6 nitrogen and oxygen atoms in total. The van der Waals surface area contributed by atoms with Crippen LogP contribution in [0.2, 0.25) is 0 Å². The van der Waals surface area contributed by atoms with Crippen molar-refractivity contribution in [1.82, 2.24) is 4.90 Å². The number of halogens is 6. The van der Waals surface area contributed by atoms with Gasteiger partial charge in [-0.15, -0.1) is 0 Å². The molecule has 0 bridgehead atoms. The molecule has 4 rings (SSSR count). The van der Waals surface area contributed by atoms with Gasteiger partial charge in [0, 0.05) is 36.4 Å². The maximum atomic E-state index is 13.6. The lowest BCUT2D eigenvalue weighted by molar-refractivity contribution is -0.143. The molecule has 0 spiro atoms. The van der Waals surface area contributed by atoms with E-state index in [0.29, 0.717) is 54.3 Å². The molecule has 3 aromatic rings. The average molecular weight is 611 g/mol. The van der Waals surface area contributed by atoms with Gasteiger partial charge in [-0.2, -0.15) is 26.3 Å². The van der Waals surface area contributed by atoms with Gasteiger partial charge in [0.1, 0.15) is 0 Å². The summed E-state index contributed by atoms with van der Waals surface area (Å²) in [5, 5.41) is 0. The Morgan fingerprint density at radius 2 is 1.44 bits per heavy atom. The first-order valence-electron chi connectivity index (χ1n) is 13.5. The Morgan fingerprint density at radius 1 is 0.860 bits per heavy atom. The summed E-state index contributed by atoms with van der Waals surface area (Å²) >= 11 is 0. The SMILES string of the molecule is COC(=O)N(Cc1cc(C(F)(F)F)cc(C(F)(F)F)c1)C1CC(C)N(CCc2ccccc2)c2cc(OC)c(OC)cc21. The summed E-state index contributed by atoms with van der Waals surface area (Å²) in [5.41, 5.74) is -0.853. The van der Waals surface area contributed by atoms with Crippen LogP contribution in [-0.4, -0.2) is 44.9 Å². The molecule has 1 aliphatic heterocycles. The molecule has 0 radical (unpaired) electrons. The van der Waals surface area contributed by atoms with Gasteiger partial charge in [0.05, 0.1) is 38.5 Å². The van der Waals surface area contributed by atoms with Crippen LogP contribution in [0, 0.1) is 0 Å². The molecule has 1 amide bonds. The fraction of sp³-hybridized carbons (Fsp3) is 0.387. The van der Waals surface area contributed by atoms with Crippen molar-refractivity contribution in [2.75, 3.05) is 32.8 Å². The zero-order valence-electron chi connectivity index (χ0n) is 24.1. The number of carbonyl (C=O) groups is 1. The number of amides is 1. The van der Waals surface area contributed by atoms with Gasteiger partial charge in [0.25, 0.3) is 0 Å². The van der Waals surface area contributed by atoms with Crippen molar-refractivity contribution in [2.45, 2.75) is 50.7 Å². The monoisotopic (exact) mass is 610 g/mol. The first-order valence-corrected chi connectivity index (χ1v) is 13.5. The van der Waals surface area contributed by atoms with E-state index in [-0.39, 0.29) is 17.7 Å². The molecule has 1 aliphatic rings. The Morgan fingerprint density at radius 3 is 1.98 bits per heavy atom. The molecule has 1 heterocycles. The second-order valence-electron chi connectivity index (χ2n) is 10.3. The minimum atomic E-state index is -5.03. The molecule has 0 aliphatic carbocycles. The highest BCUT2D eigenvalue weighted by Crippen LogP contribution is 2.46. The number of benzene rings is 3. The van der Waals surface area contributed by atoms with Gasteiger partial charge in [0.2, 0.25) is 0 Å². The summed E-state index contributed by atoms with van der Waals surface area (Å²) in [4.78, 5) is 16.5. The van der Waals surface area contributed by atoms with Crippen LogP contribution in [0.1, 0.15) is 47.2 Å². The minimum absolute atomic E-state index is 0.0612. The predicted octanol–water partition coefficient (Wildman–Crippen LogP) is 7.89. The number of carbonyl (C=O) groups excluding carboxylic acids is 1. The van der Waals surface area contributed by atoms with Crippen molar-refractivity contribution in [3.05, 3.63) is 88.5 Å². The number of alkyl halides is 6. The van der Waals surface area contributed by atoms with E-state index >= 15 is 0 Å². The molecule has 0 saturated carbocycles. The lowest BCUT2D eigenvalue weighted by Crippen LogP contribution is -2.45. The first-order chi connectivity index (χ1) is 20.3. The third kappa shape index (κ3) is 7.11. The quantitative estimate of drug-likeness (QED) is 0.243. The smallest absolute Gasteiger partial charge is 0.416 e. The molecular formula is C31H32F6N2O4. The normalized spacial score (nSPS) is 16.8. The molecule has 12 heteroatoms. The van der Waals surface area contributed by atoms with Crippen LogP contribution in [0.3, 0.4) is 0 Å². The number of fused-ring (bicyclic) bond motifs is 1. The Labute approximate surface area is 245 Å². The standard InChI is InChI=1S/C31H32F6N2O4/c1-19-12-25(39(29(40)43-4)18-21-13-22(30(32,33)34)15-23(14-21)31(35,36)37)24-16-27(41-2)28(42-3)17-26(24)38(19)11-10-20-8-6-5-7-9-20/h5-9,13-17,19,25H,10-12,18H2,1-4H3. The summed E-state index contributed by atoms with van der Waals surface area (Å²) in [6, 6.07) is 13.6. The van der Waals surface area contributed by atoms with Crippen LogP contribution in [-0.2, 0) is 30.1 Å². The molecule has 0 fully saturated rings. The number of anilines is 1. The van der Waals surface area contributed by atoms with E-state index in [1.807, 2.05) is 37.3 Å². The number of rotatable bonds is 8. The van der Waals surface area contributed by atoms with E-state index in [2.05, 4.69) is 4.90 Å². The molecule has 0 aromatic heterocycles. The second-order valence-corrected chi connectivity index (χ2v) is 10.3. The van der Waals surface area contributed by atoms with Crippen LogP contribution in [0.15, 0.2) is 60.7 Å². The van der Waals surface area contributed by atoms with E-state index in [9.17, 15) is 31.1 Å². The highest BCUT2D eigenvalue weighted by atomic mass is 19.4. The summed E-state index contributed by atoms with van der Waals surface area (Å²) in [7, 11) is 4.03. The van der Waals surface area contributed by atoms with E-state index in [1.165, 1.54) is 14.2 Å². The predicted molar refractivity (Wildman–Crippen MR) is 148 cm³/mol. The molecule has 2 unspecified atom stereocenters. The van der Waals surface area contributed by atoms with Gasteiger partial charge in [-0.3, -0.25) is 4.90 Å². The Balaban J connectivity index is 1.80. The van der Waals surface area contributed by atoms with Crippen molar-refractivity contribution in [3.63, 3.8) is 0 Å². The molecule has 0 N–H and O–H groups in total. The van der Waals surface area contributed by atoms with E-state index in [4.69, 9.17) is 14.2 Å². The third-order valence-corrected chi connectivity index (χ3v) is 7.57. The average Bonchev–Trinajstić information content (AvgIpc) is 2.97. The van der Waals surface area contributed by atoms with Crippen LogP contribution in [0.5, 0.6) is 11.5 Å². The van der Waals surface area contributed by atoms with E-state index in [1.54, 1.807) is 12.1 Å². The zero-order chi connectivity index (χ0) is 31.5. The fourth-order valence-corrected chi connectivity index (χ4v) is 5.47. The second kappa shape index (κ2) is 12.6. The molecular weight excluding hydrogens is 578 g/mol. The molecule has 3 aromatic carbocycles. The summed E-state index contributed by atoms with van der Waals surface area (Å²) < 4.78 is 97.6. The lowest BCUT2D eigenvalue weighted by atomic mass is 9.89. The molecule has 2 atom stereocenters. The first kappa shape index (κ1) is 31.8. The van der Waals surface area contributed by atoms with Crippen molar-refractivity contribution in [1.29, 1.82) is 0 Å². The van der Waals surface area contributed by atoms with Gasteiger partial charge in [-0.25, -0.2) is 4.79 Å². The minimum Gasteiger partial charge on any atom is -0.493 e. The Hall–Kier alpha value is -4.09. The van der Waals surface area contributed by atoms with E-state index < -0.39 is 42.2 Å². The van der Waals surface area contributed by atoms with Gasteiger partial charge in [0.15, 0.2) is 11.5 Å². The Bertz CT molecular complexity index is 1400. The highest BCUT2D eigenvalue weighted by Gasteiger charge is 2.40. The Kier molecular flexibility index (Phi) is 9.36. The third-order valence-electron chi connectivity index (χ3n) is 7.57. The van der Waals surface area contributed by atoms with Crippen molar-refractivity contribution in [3.8, 4) is 11.5 Å². The van der Waals surface area contributed by atoms with Crippen molar-refractivity contribution in [2.24, 2.45) is 0 Å². The van der Waals surface area contributed by atoms with Gasteiger partial charge < -0.3 is 19.1 Å². The van der Waals surface area contributed by atoms with Crippen molar-refractivity contribution >= 4 is 11.8 Å². The van der Waals surface area contributed by atoms with Crippen LogP contribution in [0.25, 0.3) is 0 Å². The summed E-state index contributed by atoms with van der Waals surface area (Å²) in [5.74, 6) is 0.781. The number of hydrogen-bond donors (Lipinski definition) is 0. The number of methoxy groups -OCH3 is 3. The van der Waals surface area contributed by atoms with Gasteiger partial charge in [-0.1, -0.05) is 30.3 Å². The number of hydrogen-bond acceptors (Lipinski definition) is 5. The highest BCUT2D eigenvalue weighted by molar-refractivity contribution is 5.71. The van der Waals surface area contributed by atoms with Gasteiger partial charge in [-0.05, 0) is 55.2 Å². The lowest BCUT2D eigenvalue weighted by Gasteiger charge is -2.44. The molecule has 43 heavy (non-hydrogen) atoms. The van der Waals surface area contributed by atoms with Crippen molar-refractivity contribution < 1.29 is 45.3 Å². The topological polar surface area (TPSA) is 51.2 Å². The zero-order valence-corrected chi connectivity index (χ0v) is 24.1. The fourth-order valence-electron chi connectivity index (χ4n) is 5.47. The maximum absolute atomic E-state index is 13.6. The molecule has 0 saturated heterocycles. The van der Waals surface area contributed by atoms with Crippen LogP contribution in [0.4, 0.5) is 36.8 Å². The number of nitrogens with zero attached hydrogens (tertiary/aromatic N) is 2. The van der Waals surface area contributed by atoms with Gasteiger partial charge >= 0.3 is 18.4 Å². The van der Waals surface area contributed by atoms with E-state index in [0.717, 1.165) is 17.6 Å². The maximum Gasteiger partial charge on any atom is 0.416 e. The number of ether oxygens (including phenoxy) is 3. The molecule has 232 valence electrons. The largest absolute Gasteiger partial charge is 0.493 e. The van der Waals surface area contributed by atoms with Crippen LogP contribution >= 0.6 is 0 Å². The van der Waals surface area contributed by atoms with Crippen LogP contribution < -0.4 is 14.4 Å². The summed E-state index contributed by atoms with van der Waals surface area (Å²) in [6.07, 6.45) is -9.93. The summed E-state index contributed by atoms with van der Waals surface area (Å²) in [6.45, 7) is 1.98.